The minimum atomic E-state index is 0.813. The van der Waals surface area contributed by atoms with Crippen LogP contribution in [0, 0.1) is 20.8 Å². The number of hydrogen-bond acceptors (Lipinski definition) is 2. The highest BCUT2D eigenvalue weighted by molar-refractivity contribution is 5.36. The van der Waals surface area contributed by atoms with Gasteiger partial charge in [-0.2, -0.15) is 5.10 Å². The molecule has 0 aliphatic carbocycles. The van der Waals surface area contributed by atoms with Crippen LogP contribution >= 0.6 is 0 Å². The summed E-state index contributed by atoms with van der Waals surface area (Å²) in [7, 11) is 0. The molecule has 0 radical (unpaired) electrons. The van der Waals surface area contributed by atoms with E-state index in [1.807, 2.05) is 23.1 Å². The van der Waals surface area contributed by atoms with Crippen molar-refractivity contribution in [3.63, 3.8) is 0 Å². The van der Waals surface area contributed by atoms with Gasteiger partial charge in [0.2, 0.25) is 0 Å². The number of benzene rings is 2. The maximum Gasteiger partial charge on any atom is 0.0662 e. The molecule has 24 heavy (non-hydrogen) atoms. The molecule has 3 nitrogen and oxygen atoms in total. The molecule has 0 fully saturated rings. The predicted molar refractivity (Wildman–Crippen MR) is 99.0 cm³/mol. The summed E-state index contributed by atoms with van der Waals surface area (Å²) in [6.07, 6.45) is 3.83. The predicted octanol–water partition coefficient (Wildman–Crippen LogP) is 4.15. The third-order valence-electron chi connectivity index (χ3n) is 4.59. The zero-order chi connectivity index (χ0) is 16.9. The second kappa shape index (κ2) is 7.45. The SMILES string of the molecule is Cc1cc(C)c(CNCc2ccccc2Cn2cccn2)cc1C. The molecule has 0 unspecified atom stereocenters. The largest absolute Gasteiger partial charge is 0.309 e. The monoisotopic (exact) mass is 319 g/mol. The lowest BCUT2D eigenvalue weighted by Crippen LogP contribution is -2.16. The maximum absolute atomic E-state index is 4.31. The van der Waals surface area contributed by atoms with Gasteiger partial charge in [0.1, 0.15) is 0 Å². The Bertz CT molecular complexity index is 804. The summed E-state index contributed by atoms with van der Waals surface area (Å²) in [6, 6.07) is 15.1. The van der Waals surface area contributed by atoms with Gasteiger partial charge in [-0.1, -0.05) is 36.4 Å². The molecule has 0 bridgehead atoms. The van der Waals surface area contributed by atoms with Gasteiger partial charge < -0.3 is 5.32 Å². The summed E-state index contributed by atoms with van der Waals surface area (Å²) >= 11 is 0. The molecule has 3 rings (SSSR count). The van der Waals surface area contributed by atoms with Crippen molar-refractivity contribution in [2.45, 2.75) is 40.4 Å². The first-order chi connectivity index (χ1) is 11.6. The van der Waals surface area contributed by atoms with Crippen molar-refractivity contribution in [2.75, 3.05) is 0 Å². The fourth-order valence-electron chi connectivity index (χ4n) is 3.00. The van der Waals surface area contributed by atoms with Crippen LogP contribution in [0.3, 0.4) is 0 Å². The zero-order valence-electron chi connectivity index (χ0n) is 14.7. The van der Waals surface area contributed by atoms with Gasteiger partial charge in [0.05, 0.1) is 6.54 Å². The van der Waals surface area contributed by atoms with Crippen molar-refractivity contribution in [3.05, 3.63) is 88.2 Å². The summed E-state index contributed by atoms with van der Waals surface area (Å²) in [5.41, 5.74) is 8.09. The number of rotatable bonds is 6. The van der Waals surface area contributed by atoms with E-state index in [0.29, 0.717) is 0 Å². The second-order valence-electron chi connectivity index (χ2n) is 6.44. The second-order valence-corrected chi connectivity index (χ2v) is 6.44. The van der Waals surface area contributed by atoms with Crippen molar-refractivity contribution in [1.29, 1.82) is 0 Å². The summed E-state index contributed by atoms with van der Waals surface area (Å²) < 4.78 is 1.96. The van der Waals surface area contributed by atoms with E-state index >= 15 is 0 Å². The van der Waals surface area contributed by atoms with E-state index in [1.54, 1.807) is 0 Å². The van der Waals surface area contributed by atoms with E-state index < -0.39 is 0 Å². The molecule has 1 N–H and O–H groups in total. The minimum Gasteiger partial charge on any atom is -0.309 e. The topological polar surface area (TPSA) is 29.9 Å². The van der Waals surface area contributed by atoms with Crippen molar-refractivity contribution in [1.82, 2.24) is 15.1 Å². The van der Waals surface area contributed by atoms with Crippen LogP contribution in [-0.4, -0.2) is 9.78 Å². The van der Waals surface area contributed by atoms with Crippen LogP contribution in [0.2, 0.25) is 0 Å². The molecule has 3 heteroatoms. The Morgan fingerprint density at radius 1 is 0.833 bits per heavy atom. The first kappa shape index (κ1) is 16.5. The quantitative estimate of drug-likeness (QED) is 0.740. The number of aryl methyl sites for hydroxylation is 3. The number of nitrogens with one attached hydrogen (secondary N) is 1. The fourth-order valence-corrected chi connectivity index (χ4v) is 3.00. The number of hydrogen-bond donors (Lipinski definition) is 1. The highest BCUT2D eigenvalue weighted by atomic mass is 15.3. The molecule has 3 aromatic rings. The Balaban J connectivity index is 1.66. The molecule has 1 heterocycles. The van der Waals surface area contributed by atoms with Gasteiger partial charge in [-0.05, 0) is 60.2 Å². The van der Waals surface area contributed by atoms with Crippen LogP contribution < -0.4 is 5.32 Å². The van der Waals surface area contributed by atoms with Gasteiger partial charge in [-0.25, -0.2) is 0 Å². The Hall–Kier alpha value is -2.39. The number of nitrogens with zero attached hydrogens (tertiary/aromatic N) is 2. The van der Waals surface area contributed by atoms with Crippen LogP contribution in [0.15, 0.2) is 54.9 Å². The average molecular weight is 319 g/mol. The van der Waals surface area contributed by atoms with E-state index in [-0.39, 0.29) is 0 Å². The van der Waals surface area contributed by atoms with Crippen LogP contribution in [0.25, 0.3) is 0 Å². The van der Waals surface area contributed by atoms with Gasteiger partial charge >= 0.3 is 0 Å². The van der Waals surface area contributed by atoms with Crippen LogP contribution in [0.1, 0.15) is 33.4 Å². The first-order valence-electron chi connectivity index (χ1n) is 8.45. The molecule has 0 amide bonds. The molecule has 0 aliphatic heterocycles. The van der Waals surface area contributed by atoms with Gasteiger partial charge in [0, 0.05) is 25.5 Å². The molecule has 2 aromatic carbocycles. The molecule has 0 spiro atoms. The molecule has 0 saturated heterocycles. The van der Waals surface area contributed by atoms with Crippen LogP contribution in [0.4, 0.5) is 0 Å². The Morgan fingerprint density at radius 2 is 1.54 bits per heavy atom. The average Bonchev–Trinajstić information content (AvgIpc) is 3.07. The smallest absolute Gasteiger partial charge is 0.0662 e. The van der Waals surface area contributed by atoms with Crippen molar-refractivity contribution in [2.24, 2.45) is 0 Å². The Kier molecular flexibility index (Phi) is 5.11. The third-order valence-corrected chi connectivity index (χ3v) is 4.59. The Labute approximate surface area is 144 Å². The van der Waals surface area contributed by atoms with Crippen LogP contribution in [-0.2, 0) is 19.6 Å². The molecule has 1 aromatic heterocycles. The molecule has 124 valence electrons. The summed E-state index contributed by atoms with van der Waals surface area (Å²) in [5, 5.41) is 7.90. The summed E-state index contributed by atoms with van der Waals surface area (Å²) in [5.74, 6) is 0. The molecular weight excluding hydrogens is 294 g/mol. The van der Waals surface area contributed by atoms with Gasteiger partial charge in [0.15, 0.2) is 0 Å². The lowest BCUT2D eigenvalue weighted by molar-refractivity contribution is 0.655. The molecule has 0 saturated carbocycles. The number of aromatic nitrogens is 2. The molecule has 0 aliphatic rings. The van der Waals surface area contributed by atoms with E-state index in [9.17, 15) is 0 Å². The zero-order valence-corrected chi connectivity index (χ0v) is 14.7. The minimum absolute atomic E-state index is 0.813. The van der Waals surface area contributed by atoms with Gasteiger partial charge in [-0.15, -0.1) is 0 Å². The fraction of sp³-hybridized carbons (Fsp3) is 0.286. The van der Waals surface area contributed by atoms with Crippen molar-refractivity contribution >= 4 is 0 Å². The lowest BCUT2D eigenvalue weighted by atomic mass is 10.0. The van der Waals surface area contributed by atoms with Crippen molar-refractivity contribution in [3.8, 4) is 0 Å². The summed E-state index contributed by atoms with van der Waals surface area (Å²) in [6.45, 7) is 9.11. The standard InChI is InChI=1S/C21H25N3/c1-16-11-18(3)21(12-17(16)2)14-22-13-19-7-4-5-8-20(19)15-24-10-6-9-23-24/h4-12,22H,13-15H2,1-3H3. The van der Waals surface area contributed by atoms with Crippen molar-refractivity contribution < 1.29 is 0 Å². The van der Waals surface area contributed by atoms with E-state index in [4.69, 9.17) is 0 Å². The highest BCUT2D eigenvalue weighted by Gasteiger charge is 2.05. The third kappa shape index (κ3) is 3.92. The van der Waals surface area contributed by atoms with Crippen LogP contribution in [0.5, 0.6) is 0 Å². The van der Waals surface area contributed by atoms with Gasteiger partial charge in [-0.3, -0.25) is 4.68 Å². The molecule has 0 atom stereocenters. The maximum atomic E-state index is 4.31. The van der Waals surface area contributed by atoms with E-state index in [2.05, 4.69) is 67.6 Å². The first-order valence-corrected chi connectivity index (χ1v) is 8.45. The normalized spacial score (nSPS) is 11.0. The highest BCUT2D eigenvalue weighted by Crippen LogP contribution is 2.16. The Morgan fingerprint density at radius 3 is 2.29 bits per heavy atom. The molecular formula is C21H25N3. The summed E-state index contributed by atoms with van der Waals surface area (Å²) in [4.78, 5) is 0. The van der Waals surface area contributed by atoms with E-state index in [1.165, 1.54) is 33.4 Å². The lowest BCUT2D eigenvalue weighted by Gasteiger charge is -2.13. The van der Waals surface area contributed by atoms with E-state index in [0.717, 1.165) is 19.6 Å². The van der Waals surface area contributed by atoms with Gasteiger partial charge in [0.25, 0.3) is 0 Å².